The fraction of sp³-hybridized carbons (Fsp3) is 0.385. The van der Waals surface area contributed by atoms with Crippen molar-refractivity contribution in [1.29, 1.82) is 0 Å². The number of methoxy groups -OCH3 is 1. The fourth-order valence-electron chi connectivity index (χ4n) is 4.87. The van der Waals surface area contributed by atoms with Gasteiger partial charge in [-0.05, 0) is 26.0 Å². The Morgan fingerprint density at radius 1 is 1.24 bits per heavy atom. The molecule has 11 heteroatoms. The Morgan fingerprint density at radius 2 is 1.95 bits per heavy atom. The number of carbonyl (C=O) groups is 1. The van der Waals surface area contributed by atoms with Crippen LogP contribution in [0.2, 0.25) is 0 Å². The monoisotopic (exact) mass is 515 g/mol. The summed E-state index contributed by atoms with van der Waals surface area (Å²) in [7, 11) is 3.07. The summed E-state index contributed by atoms with van der Waals surface area (Å²) in [4.78, 5) is 35.6. The van der Waals surface area contributed by atoms with Crippen molar-refractivity contribution in [3.63, 3.8) is 0 Å². The number of amides is 1. The van der Waals surface area contributed by atoms with Crippen LogP contribution in [0.1, 0.15) is 56.3 Å². The molecule has 8 nitrogen and oxygen atoms in total. The number of allylic oxidation sites excluding steroid dienone is 1. The zero-order valence-electron chi connectivity index (χ0n) is 21.2. The summed E-state index contributed by atoms with van der Waals surface area (Å²) < 4.78 is 48.5. The Labute approximate surface area is 211 Å². The number of ether oxygens (including phenoxy) is 1. The molecule has 1 unspecified atom stereocenters. The summed E-state index contributed by atoms with van der Waals surface area (Å²) in [5.41, 5.74) is -0.744. The van der Waals surface area contributed by atoms with Crippen molar-refractivity contribution in [3.05, 3.63) is 75.2 Å². The molecule has 1 aromatic carbocycles. The number of halogens is 3. The van der Waals surface area contributed by atoms with Crippen LogP contribution in [-0.4, -0.2) is 39.0 Å². The second kappa shape index (κ2) is 9.97. The van der Waals surface area contributed by atoms with Crippen molar-refractivity contribution in [2.75, 3.05) is 19.0 Å². The maximum absolute atomic E-state index is 14.8. The number of hydrogen-bond donors (Lipinski definition) is 1. The van der Waals surface area contributed by atoms with Gasteiger partial charge in [-0.15, -0.1) is 0 Å². The summed E-state index contributed by atoms with van der Waals surface area (Å²) in [5, 5.41) is 3.55. The smallest absolute Gasteiger partial charge is 0.266 e. The Balaban J connectivity index is 1.83. The number of aryl methyl sites for hydroxylation is 1. The van der Waals surface area contributed by atoms with Gasteiger partial charge in [0.05, 0.1) is 22.6 Å². The summed E-state index contributed by atoms with van der Waals surface area (Å²) in [5.74, 6) is -0.800. The van der Waals surface area contributed by atoms with E-state index in [2.05, 4.69) is 15.3 Å². The number of pyridine rings is 1. The molecule has 1 aliphatic heterocycles. The summed E-state index contributed by atoms with van der Waals surface area (Å²) in [6.07, 6.45) is 0.426. The third-order valence-electron chi connectivity index (χ3n) is 6.89. The van der Waals surface area contributed by atoms with E-state index in [0.717, 1.165) is 6.07 Å². The average Bonchev–Trinajstić information content (AvgIpc) is 2.85. The Bertz CT molecular complexity index is 1460. The number of nitrogens with one attached hydrogen (secondary N) is 1. The van der Waals surface area contributed by atoms with Gasteiger partial charge in [-0.3, -0.25) is 14.2 Å². The number of benzene rings is 1. The molecule has 1 amide bonds. The number of hydrogen-bond acceptors (Lipinski definition) is 6. The third kappa shape index (κ3) is 4.59. The number of anilines is 1. The van der Waals surface area contributed by atoms with Crippen molar-refractivity contribution < 1.29 is 22.7 Å². The maximum atomic E-state index is 14.8. The highest BCUT2D eigenvalue weighted by Crippen LogP contribution is 2.37. The van der Waals surface area contributed by atoms with Gasteiger partial charge in [0.15, 0.2) is 0 Å². The first-order chi connectivity index (χ1) is 17.5. The lowest BCUT2D eigenvalue weighted by Gasteiger charge is -2.38. The number of rotatable bonds is 6. The van der Waals surface area contributed by atoms with Crippen molar-refractivity contribution >= 4 is 22.8 Å². The Morgan fingerprint density at radius 3 is 2.57 bits per heavy atom. The molecule has 0 saturated heterocycles. The first kappa shape index (κ1) is 26.3. The van der Waals surface area contributed by atoms with Crippen LogP contribution in [-0.2, 0) is 22.2 Å². The third-order valence-corrected chi connectivity index (χ3v) is 6.89. The van der Waals surface area contributed by atoms with Gasteiger partial charge in [0.25, 0.3) is 12.0 Å². The molecule has 37 heavy (non-hydrogen) atoms. The van der Waals surface area contributed by atoms with E-state index in [4.69, 9.17) is 4.74 Å². The minimum atomic E-state index is -2.94. The molecule has 4 rings (SSSR count). The van der Waals surface area contributed by atoms with E-state index in [1.807, 2.05) is 0 Å². The van der Waals surface area contributed by atoms with Gasteiger partial charge >= 0.3 is 0 Å². The molecule has 0 radical (unpaired) electrons. The molecule has 0 bridgehead atoms. The number of nitrogens with zero attached hydrogens (tertiary/aromatic N) is 4. The number of aromatic nitrogens is 3. The van der Waals surface area contributed by atoms with Gasteiger partial charge in [-0.1, -0.05) is 18.2 Å². The van der Waals surface area contributed by atoms with E-state index in [-0.39, 0.29) is 17.0 Å². The van der Waals surface area contributed by atoms with Crippen LogP contribution < -0.4 is 10.9 Å². The van der Waals surface area contributed by atoms with Crippen molar-refractivity contribution in [2.24, 2.45) is 7.05 Å². The largest absolute Gasteiger partial charge is 0.369 e. The fourth-order valence-corrected chi connectivity index (χ4v) is 4.87. The highest BCUT2D eigenvalue weighted by atomic mass is 19.3. The maximum Gasteiger partial charge on any atom is 0.266 e. The lowest BCUT2D eigenvalue weighted by molar-refractivity contribution is -0.128. The second-order valence-electron chi connectivity index (χ2n) is 9.10. The van der Waals surface area contributed by atoms with Crippen LogP contribution in [0.4, 0.5) is 19.0 Å². The molecule has 196 valence electrons. The van der Waals surface area contributed by atoms with Crippen LogP contribution in [0.15, 0.2) is 47.2 Å². The number of carbonyl (C=O) groups excluding carboxylic acids is 1. The zero-order chi connectivity index (χ0) is 27.1. The second-order valence-corrected chi connectivity index (χ2v) is 9.10. The van der Waals surface area contributed by atoms with Gasteiger partial charge in [0.1, 0.15) is 29.2 Å². The van der Waals surface area contributed by atoms with E-state index in [0.29, 0.717) is 41.1 Å². The molecule has 0 spiro atoms. The SMILES string of the molecule is COC1(c2cc3c(N[C@H](C)c4cccc(C(F)F)c4F)ncnc3n(C)c2=O)C=C(C)N(C(C)=O)CC1. The summed E-state index contributed by atoms with van der Waals surface area (Å²) in [6.45, 7) is 5.24. The van der Waals surface area contributed by atoms with Gasteiger partial charge in [-0.25, -0.2) is 23.1 Å². The number of alkyl halides is 2. The average molecular weight is 516 g/mol. The van der Waals surface area contributed by atoms with Crippen LogP contribution in [0.25, 0.3) is 11.0 Å². The van der Waals surface area contributed by atoms with Gasteiger partial charge in [0, 0.05) is 45.3 Å². The first-order valence-electron chi connectivity index (χ1n) is 11.7. The lowest BCUT2D eigenvalue weighted by Crippen LogP contribution is -2.44. The molecular weight excluding hydrogens is 487 g/mol. The highest BCUT2D eigenvalue weighted by molar-refractivity contribution is 5.87. The van der Waals surface area contributed by atoms with Gasteiger partial charge in [-0.2, -0.15) is 0 Å². The minimum Gasteiger partial charge on any atom is -0.369 e. The first-order valence-corrected chi connectivity index (χ1v) is 11.7. The molecule has 3 aromatic rings. The van der Waals surface area contributed by atoms with Crippen molar-refractivity contribution in [2.45, 2.75) is 45.3 Å². The highest BCUT2D eigenvalue weighted by Gasteiger charge is 2.38. The zero-order valence-corrected chi connectivity index (χ0v) is 21.2. The van der Waals surface area contributed by atoms with E-state index in [1.54, 1.807) is 37.9 Å². The molecular formula is C26H28F3N5O3. The van der Waals surface area contributed by atoms with E-state index in [1.165, 1.54) is 37.1 Å². The predicted molar refractivity (Wildman–Crippen MR) is 133 cm³/mol. The van der Waals surface area contributed by atoms with Crippen LogP contribution >= 0.6 is 0 Å². The van der Waals surface area contributed by atoms with E-state index >= 15 is 0 Å². The molecule has 1 N–H and O–H groups in total. The Kier molecular flexibility index (Phi) is 7.09. The normalized spacial score (nSPS) is 18.7. The molecule has 2 aromatic heterocycles. The predicted octanol–water partition coefficient (Wildman–Crippen LogP) is 4.58. The lowest BCUT2D eigenvalue weighted by atomic mass is 9.86. The number of fused-ring (bicyclic) bond motifs is 1. The minimum absolute atomic E-state index is 0.0538. The molecule has 0 fully saturated rings. The quantitative estimate of drug-likeness (QED) is 0.517. The van der Waals surface area contributed by atoms with Crippen LogP contribution in [0.3, 0.4) is 0 Å². The molecule has 0 aliphatic carbocycles. The summed E-state index contributed by atoms with van der Waals surface area (Å²) >= 11 is 0. The van der Waals surface area contributed by atoms with E-state index < -0.39 is 29.4 Å². The van der Waals surface area contributed by atoms with Crippen molar-refractivity contribution in [1.82, 2.24) is 19.4 Å². The Hall–Kier alpha value is -3.73. The molecule has 1 aliphatic rings. The van der Waals surface area contributed by atoms with Gasteiger partial charge in [0.2, 0.25) is 5.91 Å². The van der Waals surface area contributed by atoms with Crippen LogP contribution in [0, 0.1) is 5.82 Å². The van der Waals surface area contributed by atoms with Crippen LogP contribution in [0.5, 0.6) is 0 Å². The van der Waals surface area contributed by atoms with E-state index in [9.17, 15) is 22.8 Å². The molecule has 0 saturated carbocycles. The summed E-state index contributed by atoms with van der Waals surface area (Å²) in [6, 6.07) is 4.77. The van der Waals surface area contributed by atoms with Gasteiger partial charge < -0.3 is 15.0 Å². The molecule has 3 heterocycles. The van der Waals surface area contributed by atoms with Crippen molar-refractivity contribution in [3.8, 4) is 0 Å². The standard InChI is InChI=1S/C26H28F3N5O3/c1-14-12-26(37-5,9-10-34(14)16(3)35)20-11-19-23(30-13-31-24(19)33(4)25(20)36)32-15(2)17-7-6-8-18(21(17)27)22(28)29/h6-8,11-13,15,22H,9-10H2,1-5H3,(H,30,31,32)/t15-,26?/m1/s1. The molecule has 2 atom stereocenters. The topological polar surface area (TPSA) is 89.3 Å².